The number of nitrogens with zero attached hydrogens (tertiary/aromatic N) is 3. The quantitative estimate of drug-likeness (QED) is 0.554. The first kappa shape index (κ1) is 20.7. The number of pyridine rings is 1. The predicted octanol–water partition coefficient (Wildman–Crippen LogP) is 1.80. The van der Waals surface area contributed by atoms with Crippen LogP contribution in [0.15, 0.2) is 41.4 Å². The Balaban J connectivity index is 1.59. The Kier molecular flexibility index (Phi) is 5.80. The average Bonchev–Trinajstić information content (AvgIpc) is 2.67. The number of nitrogens with one attached hydrogen (secondary N) is 1. The summed E-state index contributed by atoms with van der Waals surface area (Å²) in [4.78, 5) is 29.1. The van der Waals surface area contributed by atoms with E-state index < -0.39 is 14.9 Å². The Morgan fingerprint density at radius 2 is 1.90 bits per heavy atom. The SMILES string of the molecule is Cc1cc([N+](=O)[O-])cnc1N1CCC(C(=O)Nc2ccc(S(N)(=O)=O)cc2)CC1. The number of sulfonamides is 1. The lowest BCUT2D eigenvalue weighted by molar-refractivity contribution is -0.385. The molecule has 0 radical (unpaired) electrons. The van der Waals surface area contributed by atoms with Crippen molar-refractivity contribution in [1.82, 2.24) is 4.98 Å². The van der Waals surface area contributed by atoms with Gasteiger partial charge in [0.2, 0.25) is 15.9 Å². The zero-order chi connectivity index (χ0) is 21.2. The van der Waals surface area contributed by atoms with Crippen LogP contribution in [0.5, 0.6) is 0 Å². The zero-order valence-corrected chi connectivity index (χ0v) is 16.6. The summed E-state index contributed by atoms with van der Waals surface area (Å²) in [7, 11) is -3.77. The van der Waals surface area contributed by atoms with Crippen LogP contribution in [-0.2, 0) is 14.8 Å². The summed E-state index contributed by atoms with van der Waals surface area (Å²) >= 11 is 0. The first-order valence-electron chi connectivity index (χ1n) is 8.95. The lowest BCUT2D eigenvalue weighted by atomic mass is 9.95. The molecule has 11 heteroatoms. The monoisotopic (exact) mass is 419 g/mol. The highest BCUT2D eigenvalue weighted by atomic mass is 32.2. The summed E-state index contributed by atoms with van der Waals surface area (Å²) in [6.07, 6.45) is 2.46. The maximum absolute atomic E-state index is 12.5. The van der Waals surface area contributed by atoms with Crippen LogP contribution in [0.4, 0.5) is 17.2 Å². The Bertz CT molecular complexity index is 1030. The normalized spacial score (nSPS) is 15.2. The molecule has 10 nitrogen and oxygen atoms in total. The molecular weight excluding hydrogens is 398 g/mol. The van der Waals surface area contributed by atoms with Gasteiger partial charge in [-0.3, -0.25) is 14.9 Å². The van der Waals surface area contributed by atoms with Crippen LogP contribution < -0.4 is 15.4 Å². The number of amides is 1. The van der Waals surface area contributed by atoms with Crippen molar-refractivity contribution in [3.63, 3.8) is 0 Å². The van der Waals surface area contributed by atoms with Gasteiger partial charge in [0.25, 0.3) is 5.69 Å². The minimum Gasteiger partial charge on any atom is -0.356 e. The van der Waals surface area contributed by atoms with Crippen molar-refractivity contribution in [2.75, 3.05) is 23.3 Å². The summed E-state index contributed by atoms with van der Waals surface area (Å²) in [6, 6.07) is 7.17. The number of hydrogen-bond acceptors (Lipinski definition) is 7. The van der Waals surface area contributed by atoms with Crippen molar-refractivity contribution >= 4 is 33.1 Å². The second kappa shape index (κ2) is 8.13. The number of primary sulfonamides is 1. The lowest BCUT2D eigenvalue weighted by Gasteiger charge is -2.32. The fourth-order valence-electron chi connectivity index (χ4n) is 3.31. The third-order valence-corrected chi connectivity index (χ3v) is 5.79. The van der Waals surface area contributed by atoms with Crippen molar-refractivity contribution < 1.29 is 18.1 Å². The molecule has 0 aliphatic carbocycles. The van der Waals surface area contributed by atoms with E-state index in [4.69, 9.17) is 5.14 Å². The number of nitrogens with two attached hydrogens (primary N) is 1. The molecule has 0 spiro atoms. The van der Waals surface area contributed by atoms with E-state index in [-0.39, 0.29) is 22.4 Å². The number of rotatable bonds is 5. The first-order valence-corrected chi connectivity index (χ1v) is 10.5. The molecule has 0 saturated carbocycles. The van der Waals surface area contributed by atoms with Gasteiger partial charge in [-0.1, -0.05) is 0 Å². The van der Waals surface area contributed by atoms with Crippen LogP contribution in [0.3, 0.4) is 0 Å². The number of benzene rings is 1. The molecule has 1 aliphatic rings. The Morgan fingerprint density at radius 3 is 2.41 bits per heavy atom. The van der Waals surface area contributed by atoms with Crippen LogP contribution >= 0.6 is 0 Å². The summed E-state index contributed by atoms with van der Waals surface area (Å²) in [5.74, 6) is 0.358. The van der Waals surface area contributed by atoms with E-state index >= 15 is 0 Å². The summed E-state index contributed by atoms with van der Waals surface area (Å²) < 4.78 is 22.6. The highest BCUT2D eigenvalue weighted by Crippen LogP contribution is 2.27. The highest BCUT2D eigenvalue weighted by Gasteiger charge is 2.27. The molecule has 1 aromatic heterocycles. The number of aromatic nitrogens is 1. The van der Waals surface area contributed by atoms with Gasteiger partial charge in [-0.25, -0.2) is 18.5 Å². The molecule has 1 fully saturated rings. The van der Waals surface area contributed by atoms with E-state index in [0.29, 0.717) is 37.4 Å². The third-order valence-electron chi connectivity index (χ3n) is 4.86. The molecule has 0 unspecified atom stereocenters. The molecule has 3 N–H and O–H groups in total. The van der Waals surface area contributed by atoms with Crippen LogP contribution in [0.25, 0.3) is 0 Å². The maximum atomic E-state index is 12.5. The minimum absolute atomic E-state index is 0.0187. The van der Waals surface area contributed by atoms with Gasteiger partial charge >= 0.3 is 0 Å². The molecule has 2 heterocycles. The van der Waals surface area contributed by atoms with E-state index in [0.717, 1.165) is 5.56 Å². The maximum Gasteiger partial charge on any atom is 0.287 e. The van der Waals surface area contributed by atoms with E-state index in [1.54, 1.807) is 6.92 Å². The van der Waals surface area contributed by atoms with Crippen LogP contribution in [0.1, 0.15) is 18.4 Å². The molecule has 3 rings (SSSR count). The second-order valence-corrected chi connectivity index (χ2v) is 8.47. The third kappa shape index (κ3) is 4.87. The molecule has 154 valence electrons. The van der Waals surface area contributed by atoms with Gasteiger partial charge in [-0.15, -0.1) is 0 Å². The van der Waals surface area contributed by atoms with Crippen molar-refractivity contribution in [1.29, 1.82) is 0 Å². The molecule has 2 aromatic rings. The molecule has 1 aliphatic heterocycles. The van der Waals surface area contributed by atoms with Gasteiger partial charge in [0.1, 0.15) is 12.0 Å². The van der Waals surface area contributed by atoms with Crippen LogP contribution in [-0.4, -0.2) is 37.3 Å². The number of carbonyl (C=O) groups excluding carboxylic acids is 1. The van der Waals surface area contributed by atoms with Gasteiger partial charge in [0.15, 0.2) is 0 Å². The van der Waals surface area contributed by atoms with Crippen molar-refractivity contribution in [2.24, 2.45) is 11.1 Å². The number of piperidine rings is 1. The number of hydrogen-bond donors (Lipinski definition) is 2. The second-order valence-electron chi connectivity index (χ2n) is 6.91. The van der Waals surface area contributed by atoms with Crippen molar-refractivity contribution in [3.8, 4) is 0 Å². The Morgan fingerprint density at radius 1 is 1.28 bits per heavy atom. The topological polar surface area (TPSA) is 149 Å². The van der Waals surface area contributed by atoms with Crippen molar-refractivity contribution in [3.05, 3.63) is 52.2 Å². The molecular formula is C18H21N5O5S. The highest BCUT2D eigenvalue weighted by molar-refractivity contribution is 7.89. The summed E-state index contributed by atoms with van der Waals surface area (Å²) in [5, 5.41) is 18.7. The van der Waals surface area contributed by atoms with Gasteiger partial charge in [0.05, 0.1) is 9.82 Å². The summed E-state index contributed by atoms with van der Waals surface area (Å²) in [5.41, 5.74) is 1.17. The number of aryl methyl sites for hydroxylation is 1. The fraction of sp³-hybridized carbons (Fsp3) is 0.333. The average molecular weight is 419 g/mol. The standard InChI is InChI=1S/C18H21N5O5S/c1-12-10-15(23(25)26)11-20-17(12)22-8-6-13(7-9-22)18(24)21-14-2-4-16(5-3-14)29(19,27)28/h2-5,10-11,13H,6-9H2,1H3,(H,21,24)(H2,19,27,28). The Hall–Kier alpha value is -3.05. The van der Waals surface area contributed by atoms with Gasteiger partial charge in [0, 0.05) is 30.8 Å². The largest absolute Gasteiger partial charge is 0.356 e. The first-order chi connectivity index (χ1) is 13.6. The predicted molar refractivity (Wildman–Crippen MR) is 107 cm³/mol. The van der Waals surface area contributed by atoms with Gasteiger partial charge in [-0.05, 0) is 49.6 Å². The smallest absolute Gasteiger partial charge is 0.287 e. The molecule has 0 bridgehead atoms. The van der Waals surface area contributed by atoms with Gasteiger partial charge in [-0.2, -0.15) is 0 Å². The molecule has 0 atom stereocenters. The number of carbonyl (C=O) groups is 1. The number of anilines is 2. The minimum atomic E-state index is -3.77. The zero-order valence-electron chi connectivity index (χ0n) is 15.7. The molecule has 29 heavy (non-hydrogen) atoms. The summed E-state index contributed by atoms with van der Waals surface area (Å²) in [6.45, 7) is 2.99. The van der Waals surface area contributed by atoms with E-state index in [2.05, 4.69) is 10.3 Å². The molecule has 1 saturated heterocycles. The van der Waals surface area contributed by atoms with E-state index in [1.165, 1.54) is 36.5 Å². The van der Waals surface area contributed by atoms with E-state index in [9.17, 15) is 23.3 Å². The van der Waals surface area contributed by atoms with E-state index in [1.807, 2.05) is 4.90 Å². The molecule has 1 amide bonds. The van der Waals surface area contributed by atoms with Crippen molar-refractivity contribution in [2.45, 2.75) is 24.7 Å². The molecule has 1 aromatic carbocycles. The van der Waals surface area contributed by atoms with Crippen LogP contribution in [0, 0.1) is 23.0 Å². The fourth-order valence-corrected chi connectivity index (χ4v) is 3.82. The lowest BCUT2D eigenvalue weighted by Crippen LogP contribution is -2.38. The Labute approximate surface area is 167 Å². The van der Waals surface area contributed by atoms with Gasteiger partial charge < -0.3 is 10.2 Å². The number of nitro groups is 1. The van der Waals surface area contributed by atoms with Crippen LogP contribution in [0.2, 0.25) is 0 Å².